The van der Waals surface area contributed by atoms with E-state index in [0.717, 1.165) is 11.1 Å². The summed E-state index contributed by atoms with van der Waals surface area (Å²) in [4.78, 5) is 38.5. The lowest BCUT2D eigenvalue weighted by Crippen LogP contribution is -2.54. The number of thiocarbonyl (C=S) groups is 1. The molecule has 1 fully saturated rings. The van der Waals surface area contributed by atoms with Crippen molar-refractivity contribution in [2.75, 3.05) is 12.0 Å². The summed E-state index contributed by atoms with van der Waals surface area (Å²) in [5.41, 5.74) is 2.53. The van der Waals surface area contributed by atoms with Gasteiger partial charge in [-0.15, -0.1) is 0 Å². The molecule has 0 radical (unpaired) electrons. The first-order valence-electron chi connectivity index (χ1n) is 9.68. The molecule has 0 spiro atoms. The zero-order valence-corrected chi connectivity index (χ0v) is 18.8. The Balaban J connectivity index is 2.09. The van der Waals surface area contributed by atoms with E-state index in [-0.39, 0.29) is 22.2 Å². The van der Waals surface area contributed by atoms with E-state index in [4.69, 9.17) is 21.7 Å². The Hall–Kier alpha value is -3.72. The molecule has 0 unspecified atom stereocenters. The van der Waals surface area contributed by atoms with Crippen LogP contribution < -0.4 is 19.7 Å². The molecule has 1 atom stereocenters. The maximum atomic E-state index is 13.3. The summed E-state index contributed by atoms with van der Waals surface area (Å²) in [6.45, 7) is 5.16. The molecule has 32 heavy (non-hydrogen) atoms. The first-order chi connectivity index (χ1) is 15.1. The molecular weight excluding hydrogens is 432 g/mol. The normalized spacial score (nSPS) is 16.1. The van der Waals surface area contributed by atoms with Crippen molar-refractivity contribution in [1.82, 2.24) is 5.32 Å². The van der Waals surface area contributed by atoms with Gasteiger partial charge in [0.1, 0.15) is 5.57 Å². The Morgan fingerprint density at radius 3 is 2.44 bits per heavy atom. The average Bonchev–Trinajstić information content (AvgIpc) is 2.70. The maximum Gasteiger partial charge on any atom is 0.344 e. The van der Waals surface area contributed by atoms with E-state index in [1.807, 2.05) is 19.9 Å². The molecule has 1 aliphatic heterocycles. The van der Waals surface area contributed by atoms with Gasteiger partial charge in [0.15, 0.2) is 22.7 Å². The summed E-state index contributed by atoms with van der Waals surface area (Å²) >= 11 is 5.25. The second kappa shape index (κ2) is 9.19. The molecule has 0 aliphatic carbocycles. The molecule has 3 rings (SSSR count). The van der Waals surface area contributed by atoms with E-state index in [2.05, 4.69) is 5.32 Å². The summed E-state index contributed by atoms with van der Waals surface area (Å²) in [5.74, 6) is -2.08. The van der Waals surface area contributed by atoms with Crippen molar-refractivity contribution in [2.24, 2.45) is 0 Å². The van der Waals surface area contributed by atoms with Gasteiger partial charge in [-0.05, 0) is 68.4 Å². The number of aliphatic carboxylic acids is 1. The van der Waals surface area contributed by atoms with Crippen LogP contribution in [0, 0.1) is 13.8 Å². The van der Waals surface area contributed by atoms with Gasteiger partial charge < -0.3 is 14.6 Å². The number of aryl methyl sites for hydroxylation is 2. The first-order valence-corrected chi connectivity index (χ1v) is 10.1. The van der Waals surface area contributed by atoms with Gasteiger partial charge in [-0.1, -0.05) is 18.2 Å². The minimum atomic E-state index is -1.18. The first kappa shape index (κ1) is 23.0. The quantitative estimate of drug-likeness (QED) is 0.393. The van der Waals surface area contributed by atoms with Crippen molar-refractivity contribution in [1.29, 1.82) is 0 Å². The zero-order chi connectivity index (χ0) is 23.6. The summed E-state index contributed by atoms with van der Waals surface area (Å²) < 4.78 is 10.8. The summed E-state index contributed by atoms with van der Waals surface area (Å²) in [5, 5.41) is 11.7. The zero-order valence-electron chi connectivity index (χ0n) is 18.0. The number of hydrogen-bond donors (Lipinski definition) is 2. The lowest BCUT2D eigenvalue weighted by Gasteiger charge is -2.29. The van der Waals surface area contributed by atoms with Crippen LogP contribution in [0.2, 0.25) is 0 Å². The highest BCUT2D eigenvalue weighted by Gasteiger charge is 2.35. The van der Waals surface area contributed by atoms with Crippen LogP contribution in [-0.2, 0) is 14.4 Å². The molecule has 1 heterocycles. The number of anilines is 1. The number of methoxy groups -OCH3 is 1. The minimum absolute atomic E-state index is 0.0243. The van der Waals surface area contributed by atoms with Gasteiger partial charge in [-0.3, -0.25) is 19.8 Å². The van der Waals surface area contributed by atoms with Crippen LogP contribution >= 0.6 is 12.2 Å². The highest BCUT2D eigenvalue weighted by atomic mass is 32.1. The Bertz CT molecular complexity index is 1140. The van der Waals surface area contributed by atoms with Crippen LogP contribution in [-0.4, -0.2) is 41.2 Å². The highest BCUT2D eigenvalue weighted by Crippen LogP contribution is 2.34. The summed E-state index contributed by atoms with van der Waals surface area (Å²) in [6.07, 6.45) is 0.153. The largest absolute Gasteiger partial charge is 0.493 e. The van der Waals surface area contributed by atoms with Crippen molar-refractivity contribution < 1.29 is 29.0 Å². The number of rotatable bonds is 6. The van der Waals surface area contributed by atoms with Crippen LogP contribution in [0.4, 0.5) is 5.69 Å². The second-order valence-electron chi connectivity index (χ2n) is 7.28. The third-order valence-electron chi connectivity index (χ3n) is 4.74. The Morgan fingerprint density at radius 2 is 1.84 bits per heavy atom. The molecule has 2 N–H and O–H groups in total. The number of hydrogen-bond acceptors (Lipinski definition) is 6. The number of para-hydroxylation sites is 1. The fraction of sp³-hybridized carbons (Fsp3) is 0.217. The lowest BCUT2D eigenvalue weighted by molar-refractivity contribution is -0.144. The van der Waals surface area contributed by atoms with Crippen LogP contribution in [0.1, 0.15) is 23.6 Å². The van der Waals surface area contributed by atoms with E-state index >= 15 is 0 Å². The number of ether oxygens (including phenoxy) is 2. The fourth-order valence-electron chi connectivity index (χ4n) is 3.29. The van der Waals surface area contributed by atoms with Gasteiger partial charge in [0, 0.05) is 5.56 Å². The third kappa shape index (κ3) is 4.62. The van der Waals surface area contributed by atoms with E-state index in [9.17, 15) is 19.5 Å². The van der Waals surface area contributed by atoms with E-state index in [0.29, 0.717) is 11.3 Å². The number of nitrogens with one attached hydrogen (secondary N) is 1. The molecule has 0 saturated carbocycles. The Morgan fingerprint density at radius 1 is 1.19 bits per heavy atom. The molecule has 1 saturated heterocycles. The summed E-state index contributed by atoms with van der Waals surface area (Å²) in [6, 6.07) is 10.4. The molecule has 9 heteroatoms. The molecular formula is C23H22N2O6S. The number of carbonyl (C=O) groups excluding carboxylic acids is 2. The van der Waals surface area contributed by atoms with Crippen molar-refractivity contribution in [2.45, 2.75) is 26.9 Å². The number of carboxylic acids is 1. The van der Waals surface area contributed by atoms with E-state index < -0.39 is 23.9 Å². The minimum Gasteiger partial charge on any atom is -0.493 e. The van der Waals surface area contributed by atoms with Crippen LogP contribution in [0.15, 0.2) is 42.0 Å². The molecule has 2 amide bonds. The van der Waals surface area contributed by atoms with Crippen molar-refractivity contribution in [3.63, 3.8) is 0 Å². The fourth-order valence-corrected chi connectivity index (χ4v) is 3.57. The van der Waals surface area contributed by atoms with Crippen molar-refractivity contribution in [3.8, 4) is 11.5 Å². The molecule has 8 nitrogen and oxygen atoms in total. The van der Waals surface area contributed by atoms with Crippen molar-refractivity contribution in [3.05, 3.63) is 58.7 Å². The molecule has 0 bridgehead atoms. The van der Waals surface area contributed by atoms with Gasteiger partial charge in [-0.2, -0.15) is 0 Å². The van der Waals surface area contributed by atoms with Crippen LogP contribution in [0.5, 0.6) is 11.5 Å². The molecule has 166 valence electrons. The molecule has 2 aromatic carbocycles. The standard InChI is InChI=1S/C23H22N2O6S/c1-12-8-13(2)10-16(9-12)25-21(27)17(20(26)24-23(25)32)11-15-6-5-7-18(30-4)19(15)31-14(3)22(28)29/h5-11,14H,1-4H3,(H,28,29)(H,24,26,32)/b17-11+/t14-/m1/s1. The smallest absolute Gasteiger partial charge is 0.344 e. The number of amides is 2. The predicted octanol–water partition coefficient (Wildman–Crippen LogP) is 3.00. The Labute approximate surface area is 190 Å². The number of carbonyl (C=O) groups is 3. The predicted molar refractivity (Wildman–Crippen MR) is 123 cm³/mol. The van der Waals surface area contributed by atoms with Gasteiger partial charge in [0.2, 0.25) is 0 Å². The SMILES string of the molecule is COc1cccc(/C=C2\C(=O)NC(=S)N(c3cc(C)cc(C)c3)C2=O)c1O[C@H](C)C(=O)O. The summed E-state index contributed by atoms with van der Waals surface area (Å²) in [7, 11) is 1.41. The molecule has 2 aromatic rings. The van der Waals surface area contributed by atoms with Gasteiger partial charge in [0.05, 0.1) is 12.8 Å². The lowest BCUT2D eigenvalue weighted by atomic mass is 10.0. The van der Waals surface area contributed by atoms with E-state index in [1.54, 1.807) is 30.3 Å². The van der Waals surface area contributed by atoms with Crippen LogP contribution in [0.25, 0.3) is 6.08 Å². The van der Waals surface area contributed by atoms with Gasteiger partial charge in [-0.25, -0.2) is 4.79 Å². The van der Waals surface area contributed by atoms with Gasteiger partial charge in [0.25, 0.3) is 11.8 Å². The number of carboxylic acid groups (broad SMARTS) is 1. The topological polar surface area (TPSA) is 105 Å². The highest BCUT2D eigenvalue weighted by molar-refractivity contribution is 7.80. The van der Waals surface area contributed by atoms with Crippen LogP contribution in [0.3, 0.4) is 0 Å². The molecule has 0 aromatic heterocycles. The maximum absolute atomic E-state index is 13.3. The van der Waals surface area contributed by atoms with Crippen molar-refractivity contribution >= 4 is 46.9 Å². The number of nitrogens with zero attached hydrogens (tertiary/aromatic N) is 1. The Kier molecular flexibility index (Phi) is 6.59. The third-order valence-corrected chi connectivity index (χ3v) is 5.02. The van der Waals surface area contributed by atoms with Gasteiger partial charge >= 0.3 is 5.97 Å². The van der Waals surface area contributed by atoms with E-state index in [1.165, 1.54) is 25.0 Å². The molecule has 1 aliphatic rings. The monoisotopic (exact) mass is 454 g/mol. The number of benzene rings is 2. The second-order valence-corrected chi connectivity index (χ2v) is 7.67. The average molecular weight is 455 g/mol.